The van der Waals surface area contributed by atoms with Crippen LogP contribution in [-0.4, -0.2) is 23.0 Å². The van der Waals surface area contributed by atoms with E-state index in [0.717, 1.165) is 4.60 Å². The lowest BCUT2D eigenvalue weighted by Crippen LogP contribution is -2.57. The van der Waals surface area contributed by atoms with Crippen molar-refractivity contribution in [2.45, 2.75) is 37.8 Å². The predicted octanol–water partition coefficient (Wildman–Crippen LogP) is 2.31. The number of carbonyl (C=O) groups excluding carboxylic acids is 1. The zero-order valence-electron chi connectivity index (χ0n) is 10.0. The normalized spacial score (nSPS) is 30.2. The Balaban J connectivity index is 1.68. The molecule has 1 atom stereocenters. The van der Waals surface area contributed by atoms with E-state index in [9.17, 15) is 4.79 Å². The van der Waals surface area contributed by atoms with E-state index >= 15 is 0 Å². The Labute approximate surface area is 115 Å². The number of carbonyl (C=O) groups is 1. The second kappa shape index (κ2) is 4.97. The molecule has 1 aromatic heterocycles. The van der Waals surface area contributed by atoms with Crippen molar-refractivity contribution in [3.8, 4) is 0 Å². The zero-order chi connectivity index (χ0) is 12.5. The Morgan fingerprint density at radius 3 is 2.72 bits per heavy atom. The second-order valence-corrected chi connectivity index (χ2v) is 5.90. The molecule has 0 aromatic carbocycles. The maximum atomic E-state index is 12.2. The highest BCUT2D eigenvalue weighted by Gasteiger charge is 2.38. The number of amides is 1. The fourth-order valence-corrected chi connectivity index (χ4v) is 3.32. The van der Waals surface area contributed by atoms with Crippen LogP contribution in [0.25, 0.3) is 0 Å². The molecule has 96 valence electrons. The molecule has 2 aliphatic heterocycles. The van der Waals surface area contributed by atoms with Crippen molar-refractivity contribution in [2.24, 2.45) is 5.92 Å². The average molecular weight is 310 g/mol. The second-order valence-electron chi connectivity index (χ2n) is 5.09. The van der Waals surface area contributed by atoms with Gasteiger partial charge in [-0.05, 0) is 59.7 Å². The van der Waals surface area contributed by atoms with Gasteiger partial charge in [0.1, 0.15) is 10.4 Å². The van der Waals surface area contributed by atoms with E-state index in [1.165, 1.54) is 25.7 Å². The van der Waals surface area contributed by atoms with Crippen molar-refractivity contribution in [1.29, 1.82) is 0 Å². The van der Waals surface area contributed by atoms with E-state index in [0.29, 0.717) is 17.8 Å². The minimum Gasteiger partial charge on any atom is -0.309 e. The predicted molar refractivity (Wildman–Crippen MR) is 73.2 cm³/mol. The van der Waals surface area contributed by atoms with E-state index in [2.05, 4.69) is 31.5 Å². The Kier molecular flexibility index (Phi) is 3.35. The Morgan fingerprint density at radius 1 is 1.33 bits per heavy atom. The quantitative estimate of drug-likeness (QED) is 0.824. The van der Waals surface area contributed by atoms with Gasteiger partial charge in [-0.25, -0.2) is 4.98 Å². The van der Waals surface area contributed by atoms with Gasteiger partial charge in [-0.1, -0.05) is 6.07 Å². The fraction of sp³-hybridized carbons (Fsp3) is 0.538. The van der Waals surface area contributed by atoms with Gasteiger partial charge in [-0.15, -0.1) is 0 Å². The van der Waals surface area contributed by atoms with E-state index in [4.69, 9.17) is 0 Å². The highest BCUT2D eigenvalue weighted by atomic mass is 79.9. The maximum Gasteiger partial charge on any atom is 0.242 e. The van der Waals surface area contributed by atoms with Crippen molar-refractivity contribution in [2.75, 3.05) is 5.32 Å². The smallest absolute Gasteiger partial charge is 0.242 e. The van der Waals surface area contributed by atoms with Crippen molar-refractivity contribution in [1.82, 2.24) is 10.3 Å². The van der Waals surface area contributed by atoms with Gasteiger partial charge < -0.3 is 10.6 Å². The zero-order valence-corrected chi connectivity index (χ0v) is 11.6. The largest absolute Gasteiger partial charge is 0.309 e. The number of hydrogen-bond acceptors (Lipinski definition) is 3. The summed E-state index contributed by atoms with van der Waals surface area (Å²) in [6, 6.07) is 6.01. The van der Waals surface area contributed by atoms with Crippen LogP contribution in [0.3, 0.4) is 0 Å². The molecule has 3 fully saturated rings. The lowest BCUT2D eigenvalue weighted by molar-refractivity contribution is -0.121. The standard InChI is InChI=1S/C13H16BrN3O/c14-10-2-1-3-11(16-10)17-13(18)12-8-4-6-9(15-12)7-5-8/h1-3,8-9,12,15H,4-7H2,(H,16,17,18)/t8?,9?,12-/m1/s1. The molecule has 5 heteroatoms. The summed E-state index contributed by atoms with van der Waals surface area (Å²) in [5.41, 5.74) is 0. The highest BCUT2D eigenvalue weighted by molar-refractivity contribution is 9.10. The molecular formula is C13H16BrN3O. The first-order valence-corrected chi connectivity index (χ1v) is 7.21. The van der Waals surface area contributed by atoms with E-state index in [1.807, 2.05) is 18.2 Å². The van der Waals surface area contributed by atoms with Gasteiger partial charge in [-0.3, -0.25) is 4.79 Å². The topological polar surface area (TPSA) is 54.0 Å². The molecular weight excluding hydrogens is 294 g/mol. The summed E-state index contributed by atoms with van der Waals surface area (Å²) in [5.74, 6) is 1.15. The molecule has 4 nitrogen and oxygen atoms in total. The minimum absolute atomic E-state index is 0.0433. The number of hydrogen-bond donors (Lipinski definition) is 2. The molecule has 1 saturated carbocycles. The first-order chi connectivity index (χ1) is 8.72. The molecule has 2 N–H and O–H groups in total. The third-order valence-corrected chi connectivity index (χ3v) is 4.35. The SMILES string of the molecule is O=C(Nc1cccc(Br)n1)[C@@H]1NC2CCC1CC2. The number of aromatic nitrogens is 1. The molecule has 4 rings (SSSR count). The summed E-state index contributed by atoms with van der Waals surface area (Å²) in [4.78, 5) is 16.5. The summed E-state index contributed by atoms with van der Waals surface area (Å²) in [6.07, 6.45) is 4.76. The summed E-state index contributed by atoms with van der Waals surface area (Å²) in [7, 11) is 0. The van der Waals surface area contributed by atoms with Crippen LogP contribution >= 0.6 is 15.9 Å². The van der Waals surface area contributed by atoms with Crippen molar-refractivity contribution in [3.63, 3.8) is 0 Å². The van der Waals surface area contributed by atoms with Crippen LogP contribution in [0, 0.1) is 5.92 Å². The van der Waals surface area contributed by atoms with E-state index in [1.54, 1.807) is 0 Å². The summed E-state index contributed by atoms with van der Waals surface area (Å²) < 4.78 is 0.735. The Hall–Kier alpha value is -0.940. The molecule has 3 aliphatic rings. The number of piperidine rings is 2. The van der Waals surface area contributed by atoms with Gasteiger partial charge in [0.05, 0.1) is 6.04 Å². The third-order valence-electron chi connectivity index (χ3n) is 3.91. The third kappa shape index (κ3) is 2.42. The molecule has 1 aromatic rings. The van der Waals surface area contributed by atoms with Gasteiger partial charge in [0, 0.05) is 6.04 Å². The van der Waals surface area contributed by atoms with Gasteiger partial charge in [-0.2, -0.15) is 0 Å². The Bertz CT molecular complexity index is 457. The summed E-state index contributed by atoms with van der Waals surface area (Å²) >= 11 is 3.30. The Morgan fingerprint density at radius 2 is 2.11 bits per heavy atom. The van der Waals surface area contributed by atoms with Crippen LogP contribution in [0.1, 0.15) is 25.7 Å². The van der Waals surface area contributed by atoms with Crippen LogP contribution in [0.4, 0.5) is 5.82 Å². The van der Waals surface area contributed by atoms with Crippen molar-refractivity contribution >= 4 is 27.7 Å². The lowest BCUT2D eigenvalue weighted by Gasteiger charge is -2.42. The molecule has 1 amide bonds. The number of anilines is 1. The molecule has 2 saturated heterocycles. The molecule has 1 aliphatic carbocycles. The van der Waals surface area contributed by atoms with Crippen molar-refractivity contribution < 1.29 is 4.79 Å². The minimum atomic E-state index is -0.0433. The number of halogens is 1. The molecule has 0 spiro atoms. The van der Waals surface area contributed by atoms with Crippen LogP contribution in [-0.2, 0) is 4.79 Å². The fourth-order valence-electron chi connectivity index (χ4n) is 2.98. The first-order valence-electron chi connectivity index (χ1n) is 6.42. The van der Waals surface area contributed by atoms with Crippen molar-refractivity contribution in [3.05, 3.63) is 22.8 Å². The monoisotopic (exact) mass is 309 g/mol. The number of fused-ring (bicyclic) bond motifs is 3. The highest BCUT2D eigenvalue weighted by Crippen LogP contribution is 2.33. The van der Waals surface area contributed by atoms with Gasteiger partial charge in [0.2, 0.25) is 5.91 Å². The summed E-state index contributed by atoms with van der Waals surface area (Å²) in [6.45, 7) is 0. The van der Waals surface area contributed by atoms with E-state index in [-0.39, 0.29) is 11.9 Å². The van der Waals surface area contributed by atoms with Gasteiger partial charge >= 0.3 is 0 Å². The number of nitrogens with zero attached hydrogens (tertiary/aromatic N) is 1. The number of nitrogens with one attached hydrogen (secondary N) is 2. The number of pyridine rings is 1. The lowest BCUT2D eigenvalue weighted by atomic mass is 9.76. The number of rotatable bonds is 2. The van der Waals surface area contributed by atoms with Crippen LogP contribution in [0.15, 0.2) is 22.8 Å². The van der Waals surface area contributed by atoms with E-state index < -0.39 is 0 Å². The molecule has 0 unspecified atom stereocenters. The van der Waals surface area contributed by atoms with Crippen LogP contribution in [0.5, 0.6) is 0 Å². The van der Waals surface area contributed by atoms with Gasteiger partial charge in [0.15, 0.2) is 0 Å². The maximum absolute atomic E-state index is 12.2. The molecule has 3 heterocycles. The molecule has 2 bridgehead atoms. The van der Waals surface area contributed by atoms with Crippen LogP contribution < -0.4 is 10.6 Å². The molecule has 18 heavy (non-hydrogen) atoms. The first kappa shape index (κ1) is 12.1. The summed E-state index contributed by atoms with van der Waals surface area (Å²) in [5, 5.41) is 6.33. The van der Waals surface area contributed by atoms with Gasteiger partial charge in [0.25, 0.3) is 0 Å². The molecule has 0 radical (unpaired) electrons. The van der Waals surface area contributed by atoms with Crippen LogP contribution in [0.2, 0.25) is 0 Å². The average Bonchev–Trinajstić information content (AvgIpc) is 2.40.